The van der Waals surface area contributed by atoms with Gasteiger partial charge in [0.1, 0.15) is 11.5 Å². The van der Waals surface area contributed by atoms with Gasteiger partial charge in [-0.05, 0) is 26.0 Å². The van der Waals surface area contributed by atoms with Crippen LogP contribution in [0.25, 0.3) is 0 Å². The van der Waals surface area contributed by atoms with Gasteiger partial charge in [0, 0.05) is 18.5 Å². The van der Waals surface area contributed by atoms with Crippen LogP contribution in [0.3, 0.4) is 0 Å². The minimum atomic E-state index is -0.0856. The maximum atomic E-state index is 12.4. The number of hydrogen-bond donors (Lipinski definition) is 1. The van der Waals surface area contributed by atoms with E-state index in [-0.39, 0.29) is 5.91 Å². The molecule has 0 bridgehead atoms. The molecule has 2 heterocycles. The minimum absolute atomic E-state index is 0.0856. The summed E-state index contributed by atoms with van der Waals surface area (Å²) in [5.41, 5.74) is 3.23. The van der Waals surface area contributed by atoms with E-state index in [9.17, 15) is 4.79 Å². The molecule has 0 aliphatic heterocycles. The van der Waals surface area contributed by atoms with Crippen molar-refractivity contribution in [3.05, 3.63) is 40.0 Å². The van der Waals surface area contributed by atoms with Crippen molar-refractivity contribution in [1.29, 1.82) is 0 Å². The highest BCUT2D eigenvalue weighted by Crippen LogP contribution is 2.15. The average molecular weight is 290 g/mol. The molecule has 6 heteroatoms. The first-order chi connectivity index (χ1) is 9.61. The third-order valence-corrected chi connectivity index (χ3v) is 3.82. The van der Waals surface area contributed by atoms with Crippen LogP contribution < -0.4 is 5.32 Å². The highest BCUT2D eigenvalue weighted by molar-refractivity contribution is 7.09. The van der Waals surface area contributed by atoms with Crippen LogP contribution in [0.5, 0.6) is 0 Å². The summed E-state index contributed by atoms with van der Waals surface area (Å²) >= 11 is 1.56. The van der Waals surface area contributed by atoms with Gasteiger partial charge >= 0.3 is 0 Å². The van der Waals surface area contributed by atoms with E-state index in [4.69, 9.17) is 0 Å². The highest BCUT2D eigenvalue weighted by atomic mass is 32.1. The maximum absolute atomic E-state index is 12.4. The standard InChI is InChI=1S/C14H18N4OS/c1-4-15-13-7-5-6-11(17-13)14(19)18(3)8-12-10(2)16-9-20-12/h5-7,9H,4,8H2,1-3H3,(H,15,17). The quantitative estimate of drug-likeness (QED) is 0.919. The molecule has 20 heavy (non-hydrogen) atoms. The van der Waals surface area contributed by atoms with Gasteiger partial charge in [0.05, 0.1) is 17.7 Å². The topological polar surface area (TPSA) is 58.1 Å². The van der Waals surface area contributed by atoms with Gasteiger partial charge < -0.3 is 10.2 Å². The molecule has 0 aliphatic carbocycles. The van der Waals surface area contributed by atoms with E-state index in [1.165, 1.54) is 0 Å². The molecule has 106 valence electrons. The van der Waals surface area contributed by atoms with Gasteiger partial charge in [0.25, 0.3) is 5.91 Å². The lowest BCUT2D eigenvalue weighted by Crippen LogP contribution is -2.27. The van der Waals surface area contributed by atoms with Crippen molar-refractivity contribution in [3.8, 4) is 0 Å². The molecule has 1 amide bonds. The molecular formula is C14H18N4OS. The van der Waals surface area contributed by atoms with Gasteiger partial charge in [-0.2, -0.15) is 0 Å². The first-order valence-corrected chi connectivity index (χ1v) is 7.35. The number of rotatable bonds is 5. The van der Waals surface area contributed by atoms with Crippen molar-refractivity contribution in [2.45, 2.75) is 20.4 Å². The fraction of sp³-hybridized carbons (Fsp3) is 0.357. The summed E-state index contributed by atoms with van der Waals surface area (Å²) < 4.78 is 0. The predicted molar refractivity (Wildman–Crippen MR) is 81.0 cm³/mol. The Bertz CT molecular complexity index is 596. The average Bonchev–Trinajstić information content (AvgIpc) is 2.84. The van der Waals surface area contributed by atoms with E-state index in [0.717, 1.165) is 22.9 Å². The molecule has 0 spiro atoms. The SMILES string of the molecule is CCNc1cccc(C(=O)N(C)Cc2scnc2C)n1. The molecule has 0 fully saturated rings. The fourth-order valence-corrected chi connectivity index (χ4v) is 2.62. The number of nitrogens with zero attached hydrogens (tertiary/aromatic N) is 3. The van der Waals surface area contributed by atoms with E-state index in [1.54, 1.807) is 34.9 Å². The summed E-state index contributed by atoms with van der Waals surface area (Å²) in [6.45, 7) is 5.28. The number of thiazole rings is 1. The van der Waals surface area contributed by atoms with Gasteiger partial charge in [0.2, 0.25) is 0 Å². The van der Waals surface area contributed by atoms with E-state index in [2.05, 4.69) is 15.3 Å². The van der Waals surface area contributed by atoms with Gasteiger partial charge in [-0.15, -0.1) is 11.3 Å². The Balaban J connectivity index is 2.10. The van der Waals surface area contributed by atoms with Crippen LogP contribution in [-0.2, 0) is 6.54 Å². The molecule has 0 unspecified atom stereocenters. The second-order valence-corrected chi connectivity index (χ2v) is 5.40. The van der Waals surface area contributed by atoms with Gasteiger partial charge in [-0.25, -0.2) is 9.97 Å². The summed E-state index contributed by atoms with van der Waals surface area (Å²) in [5, 5.41) is 3.11. The van der Waals surface area contributed by atoms with Crippen molar-refractivity contribution in [1.82, 2.24) is 14.9 Å². The maximum Gasteiger partial charge on any atom is 0.272 e. The number of hydrogen-bond acceptors (Lipinski definition) is 5. The zero-order valence-electron chi connectivity index (χ0n) is 11.9. The molecular weight excluding hydrogens is 272 g/mol. The largest absolute Gasteiger partial charge is 0.370 e. The first-order valence-electron chi connectivity index (χ1n) is 6.47. The number of pyridine rings is 1. The third kappa shape index (κ3) is 3.33. The normalized spacial score (nSPS) is 10.3. The van der Waals surface area contributed by atoms with Crippen molar-refractivity contribution in [3.63, 3.8) is 0 Å². The molecule has 2 aromatic rings. The number of aryl methyl sites for hydroxylation is 1. The second kappa shape index (κ2) is 6.47. The third-order valence-electron chi connectivity index (χ3n) is 2.90. The van der Waals surface area contributed by atoms with Crippen LogP contribution in [0.15, 0.2) is 23.7 Å². The highest BCUT2D eigenvalue weighted by Gasteiger charge is 2.15. The summed E-state index contributed by atoms with van der Waals surface area (Å²) in [4.78, 5) is 23.6. The van der Waals surface area contributed by atoms with Crippen molar-refractivity contribution in [2.75, 3.05) is 18.9 Å². The van der Waals surface area contributed by atoms with Crippen LogP contribution in [0.2, 0.25) is 0 Å². The number of amides is 1. The summed E-state index contributed by atoms with van der Waals surface area (Å²) in [5.74, 6) is 0.637. The van der Waals surface area contributed by atoms with Gasteiger partial charge in [0.15, 0.2) is 0 Å². The molecule has 0 aromatic carbocycles. The smallest absolute Gasteiger partial charge is 0.272 e. The molecule has 0 radical (unpaired) electrons. The lowest BCUT2D eigenvalue weighted by molar-refractivity contribution is 0.0780. The van der Waals surface area contributed by atoms with Crippen LogP contribution in [0.4, 0.5) is 5.82 Å². The molecule has 0 aliphatic rings. The summed E-state index contributed by atoms with van der Waals surface area (Å²) in [7, 11) is 1.78. The summed E-state index contributed by atoms with van der Waals surface area (Å²) in [6, 6.07) is 5.43. The molecule has 2 aromatic heterocycles. The lowest BCUT2D eigenvalue weighted by atomic mass is 10.3. The van der Waals surface area contributed by atoms with Crippen molar-refractivity contribution >= 4 is 23.1 Å². The van der Waals surface area contributed by atoms with E-state index in [0.29, 0.717) is 12.2 Å². The Labute approximate surface area is 122 Å². The van der Waals surface area contributed by atoms with Crippen LogP contribution >= 0.6 is 11.3 Å². The van der Waals surface area contributed by atoms with Gasteiger partial charge in [-0.3, -0.25) is 4.79 Å². The Morgan fingerprint density at radius 1 is 1.45 bits per heavy atom. The second-order valence-electron chi connectivity index (χ2n) is 4.46. The van der Waals surface area contributed by atoms with E-state index in [1.807, 2.05) is 26.0 Å². The van der Waals surface area contributed by atoms with Crippen LogP contribution in [0, 0.1) is 6.92 Å². The lowest BCUT2D eigenvalue weighted by Gasteiger charge is -2.16. The van der Waals surface area contributed by atoms with Crippen molar-refractivity contribution in [2.24, 2.45) is 0 Å². The van der Waals surface area contributed by atoms with E-state index >= 15 is 0 Å². The Kier molecular flexibility index (Phi) is 4.68. The first kappa shape index (κ1) is 14.5. The molecule has 0 saturated carbocycles. The molecule has 2 rings (SSSR count). The predicted octanol–water partition coefficient (Wildman–Crippen LogP) is 2.55. The van der Waals surface area contributed by atoms with Crippen molar-refractivity contribution < 1.29 is 4.79 Å². The minimum Gasteiger partial charge on any atom is -0.370 e. The summed E-state index contributed by atoms with van der Waals surface area (Å²) in [6.07, 6.45) is 0. The number of aromatic nitrogens is 2. The molecule has 5 nitrogen and oxygen atoms in total. The fourth-order valence-electron chi connectivity index (χ4n) is 1.79. The Morgan fingerprint density at radius 2 is 2.25 bits per heavy atom. The number of anilines is 1. The Morgan fingerprint density at radius 3 is 2.90 bits per heavy atom. The number of carbonyl (C=O) groups is 1. The molecule has 1 N–H and O–H groups in total. The van der Waals surface area contributed by atoms with Crippen LogP contribution in [0.1, 0.15) is 28.0 Å². The zero-order chi connectivity index (χ0) is 14.5. The van der Waals surface area contributed by atoms with Crippen LogP contribution in [-0.4, -0.2) is 34.4 Å². The molecule has 0 atom stereocenters. The zero-order valence-corrected chi connectivity index (χ0v) is 12.7. The molecule has 0 saturated heterocycles. The van der Waals surface area contributed by atoms with E-state index < -0.39 is 0 Å². The monoisotopic (exact) mass is 290 g/mol. The number of carbonyl (C=O) groups excluding carboxylic acids is 1. The Hall–Kier alpha value is -1.95. The van der Waals surface area contributed by atoms with Gasteiger partial charge in [-0.1, -0.05) is 6.07 Å². The number of nitrogens with one attached hydrogen (secondary N) is 1.